The summed E-state index contributed by atoms with van der Waals surface area (Å²) in [6.07, 6.45) is 3.25. The zero-order valence-corrected chi connectivity index (χ0v) is 12.7. The highest BCUT2D eigenvalue weighted by Gasteiger charge is 2.21. The predicted octanol–water partition coefficient (Wildman–Crippen LogP) is 4.17. The highest BCUT2D eigenvalue weighted by Crippen LogP contribution is 2.32. The van der Waals surface area contributed by atoms with Crippen molar-refractivity contribution >= 4 is 34.0 Å². The number of aryl methyl sites for hydroxylation is 1. The molecule has 3 nitrogen and oxygen atoms in total. The molecule has 1 amide bonds. The molecular weight excluding hydrogens is 292 g/mol. The van der Waals surface area contributed by atoms with E-state index in [-0.39, 0.29) is 5.91 Å². The van der Waals surface area contributed by atoms with Gasteiger partial charge in [-0.25, -0.2) is 4.98 Å². The van der Waals surface area contributed by atoms with Crippen LogP contribution in [0.4, 0.5) is 5.13 Å². The monoisotopic (exact) mass is 306 g/mol. The lowest BCUT2D eigenvalue weighted by atomic mass is 9.93. The number of thiazole rings is 1. The highest BCUT2D eigenvalue weighted by molar-refractivity contribution is 7.15. The van der Waals surface area contributed by atoms with Gasteiger partial charge >= 0.3 is 0 Å². The molecule has 1 aliphatic rings. The summed E-state index contributed by atoms with van der Waals surface area (Å²) < 4.78 is 0. The number of halogens is 1. The molecule has 3 rings (SSSR count). The number of nitrogens with one attached hydrogen (secondary N) is 1. The SMILES string of the molecule is C[C@H]1CCc2nc(NC(=O)c3ccccc3Cl)sc2C1. The van der Waals surface area contributed by atoms with E-state index >= 15 is 0 Å². The summed E-state index contributed by atoms with van der Waals surface area (Å²) in [6, 6.07) is 7.04. The van der Waals surface area contributed by atoms with Gasteiger partial charge in [-0.2, -0.15) is 0 Å². The fourth-order valence-corrected chi connectivity index (χ4v) is 3.79. The van der Waals surface area contributed by atoms with E-state index in [9.17, 15) is 4.79 Å². The van der Waals surface area contributed by atoms with Crippen LogP contribution >= 0.6 is 22.9 Å². The summed E-state index contributed by atoms with van der Waals surface area (Å²) in [5.41, 5.74) is 1.62. The molecule has 5 heteroatoms. The van der Waals surface area contributed by atoms with E-state index in [1.54, 1.807) is 29.5 Å². The van der Waals surface area contributed by atoms with Crippen LogP contribution in [-0.4, -0.2) is 10.9 Å². The van der Waals surface area contributed by atoms with Crippen molar-refractivity contribution in [2.24, 2.45) is 5.92 Å². The summed E-state index contributed by atoms with van der Waals surface area (Å²) in [5, 5.41) is 3.99. The summed E-state index contributed by atoms with van der Waals surface area (Å²) >= 11 is 7.61. The number of fused-ring (bicyclic) bond motifs is 1. The largest absolute Gasteiger partial charge is 0.298 e. The van der Waals surface area contributed by atoms with E-state index in [0.29, 0.717) is 21.6 Å². The van der Waals surface area contributed by atoms with Gasteiger partial charge in [-0.15, -0.1) is 11.3 Å². The topological polar surface area (TPSA) is 42.0 Å². The number of carbonyl (C=O) groups is 1. The van der Waals surface area contributed by atoms with Crippen LogP contribution < -0.4 is 5.32 Å². The average molecular weight is 307 g/mol. The Kier molecular flexibility index (Phi) is 3.76. The predicted molar refractivity (Wildman–Crippen MR) is 82.7 cm³/mol. The summed E-state index contributed by atoms with van der Waals surface area (Å²) in [5.74, 6) is 0.504. The molecule has 0 bridgehead atoms. The van der Waals surface area contributed by atoms with Gasteiger partial charge < -0.3 is 0 Å². The Morgan fingerprint density at radius 2 is 2.25 bits per heavy atom. The van der Waals surface area contributed by atoms with Crippen LogP contribution in [0.25, 0.3) is 0 Å². The van der Waals surface area contributed by atoms with Crippen molar-refractivity contribution in [3.8, 4) is 0 Å². The summed E-state index contributed by atoms with van der Waals surface area (Å²) in [6.45, 7) is 2.25. The van der Waals surface area contributed by atoms with Crippen LogP contribution in [0.1, 0.15) is 34.3 Å². The van der Waals surface area contributed by atoms with Crippen molar-refractivity contribution in [2.45, 2.75) is 26.2 Å². The lowest BCUT2D eigenvalue weighted by Crippen LogP contribution is -2.12. The lowest BCUT2D eigenvalue weighted by Gasteiger charge is -2.15. The maximum Gasteiger partial charge on any atom is 0.258 e. The van der Waals surface area contributed by atoms with Gasteiger partial charge in [-0.3, -0.25) is 10.1 Å². The van der Waals surface area contributed by atoms with Gasteiger partial charge in [0.25, 0.3) is 5.91 Å². The van der Waals surface area contributed by atoms with Crippen LogP contribution in [0.15, 0.2) is 24.3 Å². The maximum atomic E-state index is 12.2. The standard InChI is InChI=1S/C15H15ClN2OS/c1-9-6-7-12-13(8-9)20-15(17-12)18-14(19)10-4-2-3-5-11(10)16/h2-5,9H,6-8H2,1H3,(H,17,18,19)/t9-/m0/s1. The smallest absolute Gasteiger partial charge is 0.258 e. The van der Waals surface area contributed by atoms with E-state index in [1.807, 2.05) is 6.07 Å². The van der Waals surface area contributed by atoms with E-state index in [4.69, 9.17) is 11.6 Å². The molecule has 0 saturated carbocycles. The number of nitrogens with zero attached hydrogens (tertiary/aromatic N) is 1. The highest BCUT2D eigenvalue weighted by atomic mass is 35.5. The molecule has 2 aromatic rings. The molecule has 1 heterocycles. The van der Waals surface area contributed by atoms with E-state index in [2.05, 4.69) is 17.2 Å². The zero-order valence-electron chi connectivity index (χ0n) is 11.1. The summed E-state index contributed by atoms with van der Waals surface area (Å²) in [7, 11) is 0. The minimum Gasteiger partial charge on any atom is -0.298 e. The zero-order chi connectivity index (χ0) is 14.1. The van der Waals surface area contributed by atoms with Gasteiger partial charge in [-0.05, 0) is 37.3 Å². The quantitative estimate of drug-likeness (QED) is 0.904. The van der Waals surface area contributed by atoms with Crippen molar-refractivity contribution in [3.63, 3.8) is 0 Å². The van der Waals surface area contributed by atoms with Crippen LogP contribution in [0.5, 0.6) is 0 Å². The Balaban J connectivity index is 1.79. The van der Waals surface area contributed by atoms with Crippen LogP contribution in [0.3, 0.4) is 0 Å². The van der Waals surface area contributed by atoms with Crippen molar-refractivity contribution in [1.29, 1.82) is 0 Å². The van der Waals surface area contributed by atoms with E-state index in [0.717, 1.165) is 18.5 Å². The van der Waals surface area contributed by atoms with Crippen LogP contribution in [0, 0.1) is 5.92 Å². The first-order valence-electron chi connectivity index (χ1n) is 6.68. The molecule has 104 valence electrons. The van der Waals surface area contributed by atoms with E-state index in [1.165, 1.54) is 11.3 Å². The number of amides is 1. The molecule has 1 aliphatic carbocycles. The molecule has 0 radical (unpaired) electrons. The van der Waals surface area contributed by atoms with Crippen LogP contribution in [-0.2, 0) is 12.8 Å². The molecule has 0 aliphatic heterocycles. The number of rotatable bonds is 2. The van der Waals surface area contributed by atoms with Crippen molar-refractivity contribution in [2.75, 3.05) is 5.32 Å². The average Bonchev–Trinajstić information content (AvgIpc) is 2.80. The molecule has 0 fully saturated rings. The third kappa shape index (κ3) is 2.72. The minimum absolute atomic E-state index is 0.199. The second-order valence-corrected chi connectivity index (χ2v) is 6.66. The molecule has 20 heavy (non-hydrogen) atoms. The Bertz CT molecular complexity index is 653. The number of aromatic nitrogens is 1. The Labute approximate surface area is 127 Å². The van der Waals surface area contributed by atoms with Crippen LogP contribution in [0.2, 0.25) is 5.02 Å². The lowest BCUT2D eigenvalue weighted by molar-refractivity contribution is 0.102. The minimum atomic E-state index is -0.199. The number of carbonyl (C=O) groups excluding carboxylic acids is 1. The maximum absolute atomic E-state index is 12.2. The van der Waals surface area contributed by atoms with Crippen molar-refractivity contribution < 1.29 is 4.79 Å². The van der Waals surface area contributed by atoms with Crippen molar-refractivity contribution in [3.05, 3.63) is 45.4 Å². The van der Waals surface area contributed by atoms with Gasteiger partial charge in [-0.1, -0.05) is 30.7 Å². The van der Waals surface area contributed by atoms with Gasteiger partial charge in [0.2, 0.25) is 0 Å². The third-order valence-electron chi connectivity index (χ3n) is 3.52. The van der Waals surface area contributed by atoms with Gasteiger partial charge in [0, 0.05) is 4.88 Å². The molecule has 1 N–H and O–H groups in total. The fraction of sp³-hybridized carbons (Fsp3) is 0.333. The fourth-order valence-electron chi connectivity index (χ4n) is 2.40. The molecule has 1 aromatic carbocycles. The Morgan fingerprint density at radius 1 is 1.45 bits per heavy atom. The number of hydrogen-bond donors (Lipinski definition) is 1. The van der Waals surface area contributed by atoms with Crippen molar-refractivity contribution in [1.82, 2.24) is 4.98 Å². The Morgan fingerprint density at radius 3 is 3.05 bits per heavy atom. The molecule has 0 unspecified atom stereocenters. The number of anilines is 1. The van der Waals surface area contributed by atoms with Gasteiger partial charge in [0.15, 0.2) is 5.13 Å². The normalized spacial score (nSPS) is 17.6. The third-order valence-corrected chi connectivity index (χ3v) is 4.89. The molecule has 1 aromatic heterocycles. The van der Waals surface area contributed by atoms with Gasteiger partial charge in [0.05, 0.1) is 16.3 Å². The Hall–Kier alpha value is -1.39. The molecule has 0 spiro atoms. The molecule has 0 saturated heterocycles. The molecular formula is C15H15ClN2OS. The van der Waals surface area contributed by atoms with E-state index < -0.39 is 0 Å². The van der Waals surface area contributed by atoms with Gasteiger partial charge in [0.1, 0.15) is 0 Å². The number of benzene rings is 1. The first kappa shape index (κ1) is 13.6. The first-order chi connectivity index (χ1) is 9.63. The molecule has 1 atom stereocenters. The second kappa shape index (κ2) is 5.54. The second-order valence-electron chi connectivity index (χ2n) is 5.17. The number of hydrogen-bond acceptors (Lipinski definition) is 3. The summed E-state index contributed by atoms with van der Waals surface area (Å²) in [4.78, 5) is 18.0. The first-order valence-corrected chi connectivity index (χ1v) is 7.87.